The van der Waals surface area contributed by atoms with Crippen LogP contribution in [0.1, 0.15) is 16.7 Å². The molecule has 2 rings (SSSR count). The van der Waals surface area contributed by atoms with Crippen LogP contribution in [-0.4, -0.2) is 38.1 Å². The van der Waals surface area contributed by atoms with E-state index in [1.165, 1.54) is 24.3 Å². The Morgan fingerprint density at radius 2 is 1.30 bits per heavy atom. The van der Waals surface area contributed by atoms with E-state index in [-0.39, 0.29) is 9.79 Å². The summed E-state index contributed by atoms with van der Waals surface area (Å²) >= 11 is 0. The van der Waals surface area contributed by atoms with E-state index in [4.69, 9.17) is 0 Å². The highest BCUT2D eigenvalue weighted by atomic mass is 32.2. The van der Waals surface area contributed by atoms with Crippen LogP contribution in [0.25, 0.3) is 12.2 Å². The largest absolute Gasteiger partial charge is 0.388 e. The monoisotopic (exact) mass is 411 g/mol. The molecule has 0 saturated heterocycles. The van der Waals surface area contributed by atoms with Crippen molar-refractivity contribution in [1.82, 2.24) is 0 Å². The van der Waals surface area contributed by atoms with Crippen molar-refractivity contribution in [1.29, 1.82) is 0 Å². The zero-order chi connectivity index (χ0) is 20.2. The van der Waals surface area contributed by atoms with E-state index in [0.717, 1.165) is 19.8 Å². The minimum absolute atomic E-state index is 0.00393. The molecule has 2 aromatic carbocycles. The summed E-state index contributed by atoms with van der Waals surface area (Å²) in [6.07, 6.45) is 3.04. The van der Waals surface area contributed by atoms with Crippen molar-refractivity contribution in [3.63, 3.8) is 0 Å². The van der Waals surface area contributed by atoms with Gasteiger partial charge in [0, 0.05) is 12.7 Å². The maximum atomic E-state index is 12.2. The van der Waals surface area contributed by atoms with Crippen LogP contribution in [-0.2, 0) is 28.6 Å². The van der Waals surface area contributed by atoms with Crippen molar-refractivity contribution in [2.45, 2.75) is 16.7 Å². The fourth-order valence-electron chi connectivity index (χ4n) is 2.40. The van der Waals surface area contributed by atoms with E-state index < -0.39 is 20.2 Å². The molecular formula is C18H21NO6S2. The molecule has 0 amide bonds. The molecule has 9 heteroatoms. The average Bonchev–Trinajstić information content (AvgIpc) is 2.66. The summed E-state index contributed by atoms with van der Waals surface area (Å²) in [6, 6.07) is 9.63. The lowest BCUT2D eigenvalue weighted by molar-refractivity contribution is 0.396. The van der Waals surface area contributed by atoms with E-state index >= 15 is 0 Å². The molecule has 2 aromatic rings. The van der Waals surface area contributed by atoms with Gasteiger partial charge in [-0.2, -0.15) is 16.8 Å². The van der Waals surface area contributed by atoms with Gasteiger partial charge < -0.3 is 5.32 Å². The molecule has 0 aliphatic heterocycles. The minimum Gasteiger partial charge on any atom is -0.388 e. The van der Waals surface area contributed by atoms with Crippen LogP contribution in [0, 0.1) is 6.92 Å². The summed E-state index contributed by atoms with van der Waals surface area (Å²) in [5.41, 5.74) is 2.09. The van der Waals surface area contributed by atoms with Crippen LogP contribution in [0.4, 0.5) is 5.69 Å². The normalized spacial score (nSPS) is 12.4. The number of hydrogen-bond acceptors (Lipinski definition) is 7. The summed E-state index contributed by atoms with van der Waals surface area (Å²) < 4.78 is 58.0. The van der Waals surface area contributed by atoms with Gasteiger partial charge in [-0.05, 0) is 41.8 Å². The van der Waals surface area contributed by atoms with Crippen molar-refractivity contribution >= 4 is 38.1 Å². The predicted octanol–water partition coefficient (Wildman–Crippen LogP) is 2.88. The van der Waals surface area contributed by atoms with Gasteiger partial charge >= 0.3 is 0 Å². The maximum Gasteiger partial charge on any atom is 0.297 e. The van der Waals surface area contributed by atoms with E-state index in [1.807, 2.05) is 0 Å². The van der Waals surface area contributed by atoms with Crippen LogP contribution in [0.3, 0.4) is 0 Å². The Morgan fingerprint density at radius 1 is 0.815 bits per heavy atom. The second-order valence-electron chi connectivity index (χ2n) is 5.62. The average molecular weight is 412 g/mol. The van der Waals surface area contributed by atoms with E-state index in [0.29, 0.717) is 16.8 Å². The van der Waals surface area contributed by atoms with Crippen molar-refractivity contribution in [2.24, 2.45) is 0 Å². The van der Waals surface area contributed by atoms with Gasteiger partial charge in [0.2, 0.25) is 0 Å². The zero-order valence-electron chi connectivity index (χ0n) is 15.4. The minimum atomic E-state index is -3.95. The first kappa shape index (κ1) is 21.1. The molecule has 7 nitrogen and oxygen atoms in total. The molecule has 146 valence electrons. The van der Waals surface area contributed by atoms with Gasteiger partial charge in [0.05, 0.1) is 14.2 Å². The third-order valence-electron chi connectivity index (χ3n) is 3.89. The van der Waals surface area contributed by atoms with Crippen molar-refractivity contribution in [3.05, 3.63) is 53.1 Å². The molecular weight excluding hydrogens is 390 g/mol. The molecule has 0 heterocycles. The standard InChI is InChI=1S/C18H21NO6S2/c1-13-5-6-14(17(11-13)26(20,21)24-3)7-8-15-9-10-16(19-2)12-18(15)27(22,23)25-4/h5-12,19H,1-4H3. The van der Waals surface area contributed by atoms with E-state index in [2.05, 4.69) is 13.7 Å². The Hall–Kier alpha value is -2.20. The quantitative estimate of drug-likeness (QED) is 0.552. The van der Waals surface area contributed by atoms with Crippen molar-refractivity contribution in [2.75, 3.05) is 26.6 Å². The van der Waals surface area contributed by atoms with Crippen LogP contribution < -0.4 is 5.32 Å². The topological polar surface area (TPSA) is 98.8 Å². The lowest BCUT2D eigenvalue weighted by Gasteiger charge is -2.10. The third kappa shape index (κ3) is 4.75. The number of anilines is 1. The highest BCUT2D eigenvalue weighted by molar-refractivity contribution is 7.87. The van der Waals surface area contributed by atoms with Crippen LogP contribution in [0.5, 0.6) is 0 Å². The number of benzene rings is 2. The molecule has 0 atom stereocenters. The van der Waals surface area contributed by atoms with Gasteiger partial charge in [0.15, 0.2) is 0 Å². The number of hydrogen-bond donors (Lipinski definition) is 1. The first-order valence-corrected chi connectivity index (χ1v) is 10.7. The first-order chi connectivity index (χ1) is 12.6. The molecule has 0 aliphatic carbocycles. The zero-order valence-corrected chi connectivity index (χ0v) is 17.0. The number of rotatable bonds is 7. The Morgan fingerprint density at radius 3 is 1.78 bits per heavy atom. The molecule has 0 aromatic heterocycles. The molecule has 0 aliphatic rings. The summed E-state index contributed by atoms with van der Waals surface area (Å²) in [5, 5.41) is 2.87. The van der Waals surface area contributed by atoms with Crippen LogP contribution >= 0.6 is 0 Å². The SMILES string of the molecule is CNc1ccc(C=Cc2ccc(C)cc2S(=O)(=O)OC)c(S(=O)(=O)OC)c1. The summed E-state index contributed by atoms with van der Waals surface area (Å²) in [5.74, 6) is 0. The van der Waals surface area contributed by atoms with Crippen LogP contribution in [0.2, 0.25) is 0 Å². The molecule has 0 fully saturated rings. The van der Waals surface area contributed by atoms with Gasteiger partial charge in [-0.3, -0.25) is 8.37 Å². The molecule has 0 unspecified atom stereocenters. The summed E-state index contributed by atoms with van der Waals surface area (Å²) in [4.78, 5) is -0.0272. The molecule has 27 heavy (non-hydrogen) atoms. The first-order valence-electron chi connectivity index (χ1n) is 7.86. The van der Waals surface area contributed by atoms with Crippen molar-refractivity contribution < 1.29 is 25.2 Å². The Balaban J connectivity index is 2.61. The summed E-state index contributed by atoms with van der Waals surface area (Å²) in [6.45, 7) is 1.77. The lowest BCUT2D eigenvalue weighted by Crippen LogP contribution is -2.06. The third-order valence-corrected chi connectivity index (χ3v) is 6.55. The highest BCUT2D eigenvalue weighted by Crippen LogP contribution is 2.26. The van der Waals surface area contributed by atoms with Gasteiger partial charge in [-0.1, -0.05) is 30.4 Å². The Kier molecular flexibility index (Phi) is 6.42. The van der Waals surface area contributed by atoms with Crippen LogP contribution in [0.15, 0.2) is 46.2 Å². The Bertz CT molecular complexity index is 1070. The molecule has 0 spiro atoms. The second-order valence-corrected chi connectivity index (χ2v) is 8.98. The second kappa shape index (κ2) is 8.22. The highest BCUT2D eigenvalue weighted by Gasteiger charge is 2.19. The van der Waals surface area contributed by atoms with Crippen molar-refractivity contribution in [3.8, 4) is 0 Å². The molecule has 1 N–H and O–H groups in total. The Labute approximate surface area is 159 Å². The predicted molar refractivity (Wildman–Crippen MR) is 104 cm³/mol. The van der Waals surface area contributed by atoms with E-state index in [9.17, 15) is 16.8 Å². The number of aryl methyl sites for hydroxylation is 1. The van der Waals surface area contributed by atoms with Gasteiger partial charge in [-0.15, -0.1) is 0 Å². The molecule has 0 bridgehead atoms. The number of nitrogens with one attached hydrogen (secondary N) is 1. The maximum absolute atomic E-state index is 12.2. The smallest absolute Gasteiger partial charge is 0.297 e. The fraction of sp³-hybridized carbons (Fsp3) is 0.222. The van der Waals surface area contributed by atoms with Gasteiger partial charge in [0.25, 0.3) is 20.2 Å². The lowest BCUT2D eigenvalue weighted by atomic mass is 10.1. The van der Waals surface area contributed by atoms with E-state index in [1.54, 1.807) is 38.2 Å². The van der Waals surface area contributed by atoms with Gasteiger partial charge in [0.1, 0.15) is 9.79 Å². The fourth-order valence-corrected chi connectivity index (χ4v) is 4.21. The molecule has 0 saturated carbocycles. The van der Waals surface area contributed by atoms with Gasteiger partial charge in [-0.25, -0.2) is 0 Å². The molecule has 0 radical (unpaired) electrons. The summed E-state index contributed by atoms with van der Waals surface area (Å²) in [7, 11) is -4.03.